The molecule has 0 aromatic carbocycles. The number of nitrogens with one attached hydrogen (secondary N) is 1. The molecule has 0 bridgehead atoms. The molecular weight excluding hydrogens is 196 g/mol. The van der Waals surface area contributed by atoms with Crippen LogP contribution in [0.1, 0.15) is 45.4 Å². The lowest BCUT2D eigenvalue weighted by Gasteiger charge is -2.39. The van der Waals surface area contributed by atoms with Gasteiger partial charge in [0.15, 0.2) is 0 Å². The predicted octanol–water partition coefficient (Wildman–Crippen LogP) is 2.01. The van der Waals surface area contributed by atoms with Crippen molar-refractivity contribution in [2.45, 2.75) is 51.0 Å². The highest BCUT2D eigenvalue weighted by atomic mass is 15.2. The van der Waals surface area contributed by atoms with E-state index in [4.69, 9.17) is 0 Å². The topological polar surface area (TPSA) is 15.3 Å². The first-order valence-corrected chi connectivity index (χ1v) is 6.72. The Morgan fingerprint density at radius 2 is 2.00 bits per heavy atom. The van der Waals surface area contributed by atoms with E-state index in [1.807, 2.05) is 6.92 Å². The molecule has 16 heavy (non-hydrogen) atoms. The first-order chi connectivity index (χ1) is 7.85. The summed E-state index contributed by atoms with van der Waals surface area (Å²) in [7, 11) is 0. The summed E-state index contributed by atoms with van der Waals surface area (Å²) in [5.74, 6) is 6.23. The van der Waals surface area contributed by atoms with Gasteiger partial charge in [-0.1, -0.05) is 25.2 Å². The van der Waals surface area contributed by atoms with Crippen LogP contribution >= 0.6 is 0 Å². The summed E-state index contributed by atoms with van der Waals surface area (Å²) in [6, 6.07) is 0. The van der Waals surface area contributed by atoms with E-state index >= 15 is 0 Å². The van der Waals surface area contributed by atoms with Gasteiger partial charge in [0.2, 0.25) is 0 Å². The van der Waals surface area contributed by atoms with E-state index in [1.54, 1.807) is 0 Å². The Kier molecular flexibility index (Phi) is 4.26. The van der Waals surface area contributed by atoms with Crippen molar-refractivity contribution >= 4 is 0 Å². The van der Waals surface area contributed by atoms with Gasteiger partial charge in [-0.05, 0) is 32.7 Å². The van der Waals surface area contributed by atoms with E-state index in [-0.39, 0.29) is 0 Å². The molecule has 0 atom stereocenters. The van der Waals surface area contributed by atoms with Crippen LogP contribution in [0.2, 0.25) is 0 Å². The monoisotopic (exact) mass is 220 g/mol. The highest BCUT2D eigenvalue weighted by Crippen LogP contribution is 2.30. The van der Waals surface area contributed by atoms with Crippen LogP contribution < -0.4 is 5.32 Å². The lowest BCUT2D eigenvalue weighted by Crippen LogP contribution is -2.52. The van der Waals surface area contributed by atoms with E-state index < -0.39 is 0 Å². The molecule has 0 unspecified atom stereocenters. The number of nitrogens with zero attached hydrogens (tertiary/aromatic N) is 1. The van der Waals surface area contributed by atoms with Crippen molar-refractivity contribution in [2.75, 3.05) is 26.2 Å². The fraction of sp³-hybridized carbons (Fsp3) is 0.857. The lowest BCUT2D eigenvalue weighted by molar-refractivity contribution is 0.175. The third kappa shape index (κ3) is 2.99. The average molecular weight is 220 g/mol. The van der Waals surface area contributed by atoms with Crippen molar-refractivity contribution in [1.29, 1.82) is 0 Å². The van der Waals surface area contributed by atoms with Crippen LogP contribution in [0.4, 0.5) is 0 Å². The standard InChI is InChI=1S/C14H24N2/c1-2-3-11-16-12-7-10-15-14(13-16)8-5-4-6-9-14/h15H,4-13H2,1H3. The molecule has 2 fully saturated rings. The largest absolute Gasteiger partial charge is 0.310 e. The number of hydrogen-bond acceptors (Lipinski definition) is 2. The molecular formula is C14H24N2. The molecule has 0 radical (unpaired) electrons. The molecule has 1 N–H and O–H groups in total. The van der Waals surface area contributed by atoms with E-state index in [9.17, 15) is 0 Å². The molecule has 0 amide bonds. The average Bonchev–Trinajstić information content (AvgIpc) is 2.50. The summed E-state index contributed by atoms with van der Waals surface area (Å²) < 4.78 is 0. The van der Waals surface area contributed by atoms with Crippen molar-refractivity contribution in [3.63, 3.8) is 0 Å². The molecule has 2 nitrogen and oxygen atoms in total. The van der Waals surface area contributed by atoms with Crippen LogP contribution in [0.3, 0.4) is 0 Å². The maximum absolute atomic E-state index is 3.81. The van der Waals surface area contributed by atoms with Gasteiger partial charge in [0.25, 0.3) is 0 Å². The van der Waals surface area contributed by atoms with Gasteiger partial charge in [-0.25, -0.2) is 0 Å². The van der Waals surface area contributed by atoms with Crippen molar-refractivity contribution in [2.24, 2.45) is 0 Å². The van der Waals surface area contributed by atoms with E-state index in [0.717, 1.165) is 6.54 Å². The summed E-state index contributed by atoms with van der Waals surface area (Å²) in [6.45, 7) is 6.51. The Labute approximate surface area is 99.8 Å². The molecule has 1 saturated carbocycles. The van der Waals surface area contributed by atoms with E-state index in [2.05, 4.69) is 22.1 Å². The smallest absolute Gasteiger partial charge is 0.0602 e. The molecule has 1 aliphatic carbocycles. The van der Waals surface area contributed by atoms with Crippen LogP contribution in [-0.2, 0) is 0 Å². The number of hydrogen-bond donors (Lipinski definition) is 1. The summed E-state index contributed by atoms with van der Waals surface area (Å²) in [6.07, 6.45) is 8.23. The van der Waals surface area contributed by atoms with Gasteiger partial charge in [-0.15, -0.1) is 5.92 Å². The van der Waals surface area contributed by atoms with Crippen LogP contribution in [0, 0.1) is 11.8 Å². The Bertz CT molecular complexity index is 268. The zero-order valence-corrected chi connectivity index (χ0v) is 10.5. The quantitative estimate of drug-likeness (QED) is 0.680. The normalized spacial score (nSPS) is 25.8. The molecule has 0 aromatic heterocycles. The van der Waals surface area contributed by atoms with Gasteiger partial charge in [-0.2, -0.15) is 0 Å². The fourth-order valence-corrected chi connectivity index (χ4v) is 3.11. The molecule has 0 aromatic rings. The summed E-state index contributed by atoms with van der Waals surface area (Å²) >= 11 is 0. The zero-order chi connectivity index (χ0) is 11.3. The molecule has 2 rings (SSSR count). The first kappa shape index (κ1) is 12.0. The Hall–Kier alpha value is -0.520. The van der Waals surface area contributed by atoms with Crippen molar-refractivity contribution in [3.8, 4) is 11.8 Å². The van der Waals surface area contributed by atoms with Gasteiger partial charge in [0.05, 0.1) is 6.54 Å². The maximum atomic E-state index is 3.81. The second kappa shape index (κ2) is 5.70. The van der Waals surface area contributed by atoms with Crippen LogP contribution in [0.15, 0.2) is 0 Å². The van der Waals surface area contributed by atoms with Gasteiger partial charge in [-0.3, -0.25) is 4.90 Å². The highest BCUT2D eigenvalue weighted by molar-refractivity contribution is 5.01. The number of rotatable bonds is 1. The second-order valence-corrected chi connectivity index (χ2v) is 5.26. The van der Waals surface area contributed by atoms with Gasteiger partial charge in [0.1, 0.15) is 0 Å². The molecule has 2 heteroatoms. The molecule has 2 aliphatic rings. The lowest BCUT2D eigenvalue weighted by atomic mass is 9.81. The van der Waals surface area contributed by atoms with Gasteiger partial charge >= 0.3 is 0 Å². The molecule has 1 heterocycles. The third-order valence-electron chi connectivity index (χ3n) is 3.97. The fourth-order valence-electron chi connectivity index (χ4n) is 3.11. The third-order valence-corrected chi connectivity index (χ3v) is 3.97. The zero-order valence-electron chi connectivity index (χ0n) is 10.5. The maximum Gasteiger partial charge on any atom is 0.0602 e. The van der Waals surface area contributed by atoms with Crippen LogP contribution in [0.25, 0.3) is 0 Å². The van der Waals surface area contributed by atoms with Crippen LogP contribution in [-0.4, -0.2) is 36.6 Å². The Morgan fingerprint density at radius 1 is 1.19 bits per heavy atom. The minimum atomic E-state index is 0.421. The highest BCUT2D eigenvalue weighted by Gasteiger charge is 2.34. The molecule has 1 saturated heterocycles. The molecule has 1 aliphatic heterocycles. The van der Waals surface area contributed by atoms with Crippen molar-refractivity contribution < 1.29 is 0 Å². The summed E-state index contributed by atoms with van der Waals surface area (Å²) in [5, 5.41) is 3.81. The Balaban J connectivity index is 1.97. The SMILES string of the molecule is CC#CCN1CCCNC2(CCCCC2)C1. The molecule has 90 valence electrons. The van der Waals surface area contributed by atoms with Crippen molar-refractivity contribution in [3.05, 3.63) is 0 Å². The van der Waals surface area contributed by atoms with Crippen molar-refractivity contribution in [1.82, 2.24) is 10.2 Å². The van der Waals surface area contributed by atoms with Gasteiger partial charge in [0, 0.05) is 18.6 Å². The van der Waals surface area contributed by atoms with Crippen LogP contribution in [0.5, 0.6) is 0 Å². The Morgan fingerprint density at radius 3 is 2.75 bits per heavy atom. The summed E-state index contributed by atoms with van der Waals surface area (Å²) in [5.41, 5.74) is 0.421. The van der Waals surface area contributed by atoms with E-state index in [1.165, 1.54) is 58.2 Å². The minimum Gasteiger partial charge on any atom is -0.310 e. The molecule has 1 spiro atoms. The predicted molar refractivity (Wildman–Crippen MR) is 68.3 cm³/mol. The van der Waals surface area contributed by atoms with E-state index in [0.29, 0.717) is 5.54 Å². The summed E-state index contributed by atoms with van der Waals surface area (Å²) in [4.78, 5) is 2.54. The first-order valence-electron chi connectivity index (χ1n) is 6.72. The van der Waals surface area contributed by atoms with Gasteiger partial charge < -0.3 is 5.32 Å². The second-order valence-electron chi connectivity index (χ2n) is 5.26. The minimum absolute atomic E-state index is 0.421.